The van der Waals surface area contributed by atoms with Gasteiger partial charge in [0.05, 0.1) is 23.2 Å². The monoisotopic (exact) mass is 259 g/mol. The number of carboxylic acids is 1. The van der Waals surface area contributed by atoms with Crippen molar-refractivity contribution in [1.29, 1.82) is 0 Å². The molecule has 1 fully saturated rings. The number of carbonyl (C=O) groups is 1. The summed E-state index contributed by atoms with van der Waals surface area (Å²) in [5.41, 5.74) is 1.85. The lowest BCUT2D eigenvalue weighted by atomic mass is 10.1. The van der Waals surface area contributed by atoms with E-state index >= 15 is 0 Å². The van der Waals surface area contributed by atoms with Gasteiger partial charge in [-0.2, -0.15) is 5.10 Å². The third-order valence-electron chi connectivity index (χ3n) is 3.88. The number of pyridine rings is 1. The van der Waals surface area contributed by atoms with Crippen LogP contribution in [0.2, 0.25) is 0 Å². The highest BCUT2D eigenvalue weighted by molar-refractivity contribution is 6.01. The summed E-state index contributed by atoms with van der Waals surface area (Å²) in [7, 11) is 0. The Morgan fingerprint density at radius 1 is 1.47 bits per heavy atom. The van der Waals surface area contributed by atoms with E-state index in [0.29, 0.717) is 17.0 Å². The number of nitrogens with zero attached hydrogens (tertiary/aromatic N) is 3. The number of fused-ring (bicyclic) bond motifs is 1. The Morgan fingerprint density at radius 3 is 2.84 bits per heavy atom. The molecule has 1 saturated carbocycles. The molecule has 1 N–H and O–H groups in total. The number of aryl methyl sites for hydroxylation is 1. The Kier molecular flexibility index (Phi) is 2.97. The van der Waals surface area contributed by atoms with Crippen LogP contribution in [0, 0.1) is 0 Å². The lowest BCUT2D eigenvalue weighted by Gasteiger charge is -2.11. The molecule has 3 rings (SSSR count). The molecule has 2 aromatic rings. The zero-order valence-corrected chi connectivity index (χ0v) is 11.0. The zero-order chi connectivity index (χ0) is 13.4. The summed E-state index contributed by atoms with van der Waals surface area (Å²) >= 11 is 0. The van der Waals surface area contributed by atoms with Crippen molar-refractivity contribution in [2.75, 3.05) is 0 Å². The first-order valence-corrected chi connectivity index (χ1v) is 6.81. The molecule has 1 aliphatic rings. The molecule has 0 aromatic carbocycles. The zero-order valence-electron chi connectivity index (χ0n) is 11.0. The largest absolute Gasteiger partial charge is 0.478 e. The van der Waals surface area contributed by atoms with Crippen molar-refractivity contribution in [2.24, 2.45) is 0 Å². The Morgan fingerprint density at radius 2 is 2.21 bits per heavy atom. The third kappa shape index (κ3) is 1.99. The number of aromatic nitrogens is 3. The fourth-order valence-corrected chi connectivity index (χ4v) is 2.84. The minimum atomic E-state index is -0.909. The molecule has 0 radical (unpaired) electrons. The highest BCUT2D eigenvalue weighted by atomic mass is 16.4. The van der Waals surface area contributed by atoms with Crippen LogP contribution in [0.5, 0.6) is 0 Å². The van der Waals surface area contributed by atoms with Gasteiger partial charge in [-0.15, -0.1) is 0 Å². The first-order valence-electron chi connectivity index (χ1n) is 6.81. The summed E-state index contributed by atoms with van der Waals surface area (Å²) in [5.74, 6) is -0.909. The molecule has 0 aliphatic heterocycles. The molecule has 5 nitrogen and oxygen atoms in total. The van der Waals surface area contributed by atoms with E-state index < -0.39 is 5.97 Å². The van der Waals surface area contributed by atoms with Gasteiger partial charge in [0.15, 0.2) is 5.65 Å². The molecule has 0 amide bonds. The van der Waals surface area contributed by atoms with Crippen molar-refractivity contribution >= 4 is 17.0 Å². The van der Waals surface area contributed by atoms with E-state index in [-0.39, 0.29) is 0 Å². The maximum atomic E-state index is 11.3. The molecule has 0 spiro atoms. The fourth-order valence-electron chi connectivity index (χ4n) is 2.84. The summed E-state index contributed by atoms with van der Waals surface area (Å²) < 4.78 is 1.92. The van der Waals surface area contributed by atoms with E-state index in [2.05, 4.69) is 10.1 Å². The van der Waals surface area contributed by atoms with Crippen LogP contribution >= 0.6 is 0 Å². The van der Waals surface area contributed by atoms with Gasteiger partial charge in [-0.05, 0) is 25.3 Å². The van der Waals surface area contributed by atoms with E-state index in [1.807, 2.05) is 11.6 Å². The number of carboxylic acid groups (broad SMARTS) is 1. The normalized spacial score (nSPS) is 16.3. The number of rotatable bonds is 3. The Bertz CT molecular complexity index is 627. The van der Waals surface area contributed by atoms with E-state index in [4.69, 9.17) is 0 Å². The predicted molar refractivity (Wildman–Crippen MR) is 71.4 cm³/mol. The molecule has 0 atom stereocenters. The Labute approximate surface area is 111 Å². The summed E-state index contributed by atoms with van der Waals surface area (Å²) in [6.07, 6.45) is 7.01. The lowest BCUT2D eigenvalue weighted by molar-refractivity contribution is 0.0699. The topological polar surface area (TPSA) is 68.0 Å². The summed E-state index contributed by atoms with van der Waals surface area (Å²) in [6, 6.07) is 2.03. The molecule has 2 aromatic heterocycles. The Balaban J connectivity index is 2.20. The van der Waals surface area contributed by atoms with Crippen LogP contribution in [-0.2, 0) is 6.42 Å². The number of hydrogen-bond acceptors (Lipinski definition) is 3. The summed E-state index contributed by atoms with van der Waals surface area (Å²) in [4.78, 5) is 15.9. The van der Waals surface area contributed by atoms with Crippen LogP contribution in [0.25, 0.3) is 11.0 Å². The maximum absolute atomic E-state index is 11.3. The van der Waals surface area contributed by atoms with Crippen LogP contribution in [0.4, 0.5) is 0 Å². The van der Waals surface area contributed by atoms with Gasteiger partial charge in [0.1, 0.15) is 0 Å². The highest BCUT2D eigenvalue weighted by Crippen LogP contribution is 2.32. The van der Waals surface area contributed by atoms with Gasteiger partial charge in [0.2, 0.25) is 0 Å². The van der Waals surface area contributed by atoms with Crippen molar-refractivity contribution < 1.29 is 9.90 Å². The number of aromatic carboxylic acids is 1. The fraction of sp³-hybridized carbons (Fsp3) is 0.500. The van der Waals surface area contributed by atoms with Gasteiger partial charge >= 0.3 is 5.97 Å². The van der Waals surface area contributed by atoms with Crippen molar-refractivity contribution in [2.45, 2.75) is 45.1 Å². The molecular formula is C14H17N3O2. The first-order chi connectivity index (χ1) is 9.20. The standard InChI is InChI=1S/C14H17N3O2/c1-2-9-7-11(14(18)19)12-8-15-17(13(12)16-9)10-5-3-4-6-10/h7-8,10H,2-6H2,1H3,(H,18,19). The van der Waals surface area contributed by atoms with Crippen LogP contribution in [0.3, 0.4) is 0 Å². The second-order valence-electron chi connectivity index (χ2n) is 5.08. The van der Waals surface area contributed by atoms with E-state index in [1.165, 1.54) is 12.8 Å². The van der Waals surface area contributed by atoms with E-state index in [0.717, 1.165) is 30.6 Å². The molecule has 1 aliphatic carbocycles. The quantitative estimate of drug-likeness (QED) is 0.920. The maximum Gasteiger partial charge on any atom is 0.336 e. The van der Waals surface area contributed by atoms with Gasteiger partial charge in [-0.3, -0.25) is 0 Å². The van der Waals surface area contributed by atoms with Gasteiger partial charge < -0.3 is 5.11 Å². The lowest BCUT2D eigenvalue weighted by Crippen LogP contribution is -2.08. The van der Waals surface area contributed by atoms with Crippen molar-refractivity contribution in [3.63, 3.8) is 0 Å². The van der Waals surface area contributed by atoms with Crippen LogP contribution in [0.15, 0.2) is 12.3 Å². The molecule has 0 bridgehead atoms. The SMILES string of the molecule is CCc1cc(C(=O)O)c2cnn(C3CCCC3)c2n1. The molecule has 5 heteroatoms. The summed E-state index contributed by atoms with van der Waals surface area (Å²) in [5, 5.41) is 14.3. The van der Waals surface area contributed by atoms with E-state index in [1.54, 1.807) is 12.3 Å². The second-order valence-corrected chi connectivity index (χ2v) is 5.08. The van der Waals surface area contributed by atoms with Gasteiger partial charge in [-0.1, -0.05) is 19.8 Å². The molecule has 2 heterocycles. The van der Waals surface area contributed by atoms with Gasteiger partial charge in [0.25, 0.3) is 0 Å². The molecule has 19 heavy (non-hydrogen) atoms. The van der Waals surface area contributed by atoms with E-state index in [9.17, 15) is 9.90 Å². The molecule has 0 unspecified atom stereocenters. The van der Waals surface area contributed by atoms with Crippen LogP contribution in [0.1, 0.15) is 54.7 Å². The minimum Gasteiger partial charge on any atom is -0.478 e. The van der Waals surface area contributed by atoms with Crippen molar-refractivity contribution in [3.8, 4) is 0 Å². The van der Waals surface area contributed by atoms with Crippen LogP contribution < -0.4 is 0 Å². The van der Waals surface area contributed by atoms with Crippen molar-refractivity contribution in [1.82, 2.24) is 14.8 Å². The van der Waals surface area contributed by atoms with Gasteiger partial charge in [0, 0.05) is 5.69 Å². The highest BCUT2D eigenvalue weighted by Gasteiger charge is 2.22. The Hall–Kier alpha value is -1.91. The van der Waals surface area contributed by atoms with Crippen LogP contribution in [-0.4, -0.2) is 25.8 Å². The second kappa shape index (κ2) is 4.64. The third-order valence-corrected chi connectivity index (χ3v) is 3.88. The first kappa shape index (κ1) is 12.1. The average molecular weight is 259 g/mol. The predicted octanol–water partition coefficient (Wildman–Crippen LogP) is 2.81. The van der Waals surface area contributed by atoms with Gasteiger partial charge in [-0.25, -0.2) is 14.5 Å². The minimum absolute atomic E-state index is 0.311. The van der Waals surface area contributed by atoms with Crippen molar-refractivity contribution in [3.05, 3.63) is 23.5 Å². The average Bonchev–Trinajstić information content (AvgIpc) is 3.05. The summed E-state index contributed by atoms with van der Waals surface area (Å²) in [6.45, 7) is 1.98. The molecule has 0 saturated heterocycles. The molecular weight excluding hydrogens is 242 g/mol. The number of hydrogen-bond donors (Lipinski definition) is 1. The molecule has 100 valence electrons. The smallest absolute Gasteiger partial charge is 0.336 e.